The molecular formula is C17H25N3O3. The molecule has 23 heavy (non-hydrogen) atoms. The van der Waals surface area contributed by atoms with Crippen molar-refractivity contribution >= 4 is 5.91 Å². The molecule has 1 aromatic heterocycles. The molecule has 2 heterocycles. The van der Waals surface area contributed by atoms with Gasteiger partial charge in [0.25, 0.3) is 5.56 Å². The number of aromatic nitrogens is 2. The van der Waals surface area contributed by atoms with Gasteiger partial charge in [-0.05, 0) is 43.1 Å². The lowest BCUT2D eigenvalue weighted by Crippen LogP contribution is -2.32. The molecule has 2 fully saturated rings. The lowest BCUT2D eigenvalue weighted by atomic mass is 9.93. The maximum Gasteiger partial charge on any atom is 0.269 e. The Labute approximate surface area is 136 Å². The molecule has 2 aliphatic rings. The Balaban J connectivity index is 1.67. The summed E-state index contributed by atoms with van der Waals surface area (Å²) in [5, 5.41) is 9.62. The van der Waals surface area contributed by atoms with E-state index in [2.05, 4.69) is 15.5 Å². The minimum absolute atomic E-state index is 0.0724. The van der Waals surface area contributed by atoms with Crippen molar-refractivity contribution in [1.29, 1.82) is 0 Å². The van der Waals surface area contributed by atoms with E-state index in [0.717, 1.165) is 56.6 Å². The Bertz CT molecular complexity index is 647. The first-order chi connectivity index (χ1) is 11.1. The first-order valence-electron chi connectivity index (χ1n) is 8.56. The summed E-state index contributed by atoms with van der Waals surface area (Å²) in [4.78, 5) is 24.5. The zero-order valence-corrected chi connectivity index (χ0v) is 13.9. The maximum atomic E-state index is 12.4. The summed E-state index contributed by atoms with van der Waals surface area (Å²) in [6.45, 7) is 5.83. The van der Waals surface area contributed by atoms with E-state index in [0.29, 0.717) is 5.56 Å². The number of carbonyl (C=O) groups excluding carboxylic acids is 1. The quantitative estimate of drug-likeness (QED) is 0.857. The number of hydrogen-bond donors (Lipinski definition) is 2. The van der Waals surface area contributed by atoms with Crippen molar-refractivity contribution in [2.45, 2.75) is 52.5 Å². The summed E-state index contributed by atoms with van der Waals surface area (Å²) in [6.07, 6.45) is 4.42. The fraction of sp³-hybridized carbons (Fsp3) is 0.706. The van der Waals surface area contributed by atoms with Crippen LogP contribution in [0.3, 0.4) is 0 Å². The number of carbonyl (C=O) groups is 1. The van der Waals surface area contributed by atoms with Crippen LogP contribution in [0.5, 0.6) is 0 Å². The molecule has 126 valence electrons. The van der Waals surface area contributed by atoms with Gasteiger partial charge >= 0.3 is 0 Å². The second-order valence-corrected chi connectivity index (χ2v) is 6.61. The lowest BCUT2D eigenvalue weighted by molar-refractivity contribution is -0.123. The molecule has 1 aliphatic carbocycles. The van der Waals surface area contributed by atoms with E-state index in [4.69, 9.17) is 4.74 Å². The van der Waals surface area contributed by atoms with E-state index in [1.807, 2.05) is 13.8 Å². The first kappa shape index (κ1) is 16.2. The van der Waals surface area contributed by atoms with E-state index in [-0.39, 0.29) is 29.3 Å². The third kappa shape index (κ3) is 3.04. The summed E-state index contributed by atoms with van der Waals surface area (Å²) < 4.78 is 5.39. The van der Waals surface area contributed by atoms with Gasteiger partial charge in [-0.15, -0.1) is 0 Å². The molecule has 1 aliphatic heterocycles. The molecule has 0 bridgehead atoms. The van der Waals surface area contributed by atoms with Crippen LogP contribution < -0.4 is 10.9 Å². The van der Waals surface area contributed by atoms with Crippen LogP contribution in [0.1, 0.15) is 49.9 Å². The van der Waals surface area contributed by atoms with Crippen LogP contribution in [0.2, 0.25) is 0 Å². The van der Waals surface area contributed by atoms with Gasteiger partial charge in [0.1, 0.15) is 0 Å². The van der Waals surface area contributed by atoms with Crippen LogP contribution in [0.25, 0.3) is 0 Å². The number of amides is 1. The van der Waals surface area contributed by atoms with Gasteiger partial charge in [0.15, 0.2) is 0 Å². The van der Waals surface area contributed by atoms with Crippen LogP contribution in [-0.2, 0) is 28.9 Å². The highest BCUT2D eigenvalue weighted by molar-refractivity contribution is 5.82. The molecule has 0 aromatic carbocycles. The SMILES string of the molecule is CCc1n[nH]c(=O)c(CNC(=O)C2CC23CCOCC3)c1CC. The Morgan fingerprint density at radius 2 is 2.04 bits per heavy atom. The van der Waals surface area contributed by atoms with Crippen molar-refractivity contribution in [3.63, 3.8) is 0 Å². The van der Waals surface area contributed by atoms with Crippen LogP contribution in [0.15, 0.2) is 4.79 Å². The number of ether oxygens (including phenoxy) is 1. The van der Waals surface area contributed by atoms with Gasteiger partial charge in [-0.1, -0.05) is 13.8 Å². The lowest BCUT2D eigenvalue weighted by Gasteiger charge is -2.22. The zero-order valence-electron chi connectivity index (χ0n) is 13.9. The van der Waals surface area contributed by atoms with Gasteiger partial charge in [0.05, 0.1) is 5.69 Å². The van der Waals surface area contributed by atoms with E-state index in [1.54, 1.807) is 0 Å². The number of aryl methyl sites for hydroxylation is 1. The fourth-order valence-electron chi connectivity index (χ4n) is 3.81. The van der Waals surface area contributed by atoms with Crippen LogP contribution in [0.4, 0.5) is 0 Å². The highest BCUT2D eigenvalue weighted by Crippen LogP contribution is 2.59. The third-order valence-electron chi connectivity index (χ3n) is 5.40. The first-order valence-corrected chi connectivity index (χ1v) is 8.56. The normalized spacial score (nSPS) is 22.1. The molecule has 1 unspecified atom stereocenters. The molecule has 1 spiro atoms. The molecule has 1 atom stereocenters. The molecule has 1 amide bonds. The second kappa shape index (κ2) is 6.43. The topological polar surface area (TPSA) is 84.1 Å². The minimum Gasteiger partial charge on any atom is -0.381 e. The molecule has 6 nitrogen and oxygen atoms in total. The Morgan fingerprint density at radius 3 is 2.70 bits per heavy atom. The number of H-pyrrole nitrogens is 1. The minimum atomic E-state index is -0.198. The molecule has 0 radical (unpaired) electrons. The Morgan fingerprint density at radius 1 is 1.30 bits per heavy atom. The van der Waals surface area contributed by atoms with Gasteiger partial charge in [0, 0.05) is 31.2 Å². The van der Waals surface area contributed by atoms with Crippen LogP contribution >= 0.6 is 0 Å². The number of nitrogens with one attached hydrogen (secondary N) is 2. The maximum absolute atomic E-state index is 12.4. The van der Waals surface area contributed by atoms with E-state index < -0.39 is 0 Å². The highest BCUT2D eigenvalue weighted by Gasteiger charge is 2.57. The van der Waals surface area contributed by atoms with Crippen molar-refractivity contribution in [2.75, 3.05) is 13.2 Å². The third-order valence-corrected chi connectivity index (χ3v) is 5.40. The predicted molar refractivity (Wildman–Crippen MR) is 86.1 cm³/mol. The summed E-state index contributed by atoms with van der Waals surface area (Å²) in [5.41, 5.74) is 2.48. The van der Waals surface area contributed by atoms with E-state index in [1.165, 1.54) is 0 Å². The standard InChI is InChI=1S/C17H25N3O3/c1-3-11-12(15(21)20-19-14(11)4-2)10-18-16(22)13-9-17(13)5-7-23-8-6-17/h13H,3-10H2,1-2H3,(H,18,22)(H,20,21). The number of aromatic amines is 1. The second-order valence-electron chi connectivity index (χ2n) is 6.61. The van der Waals surface area contributed by atoms with Gasteiger partial charge in [-0.3, -0.25) is 9.59 Å². The molecule has 1 aromatic rings. The van der Waals surface area contributed by atoms with Crippen molar-refractivity contribution in [2.24, 2.45) is 11.3 Å². The summed E-state index contributed by atoms with van der Waals surface area (Å²) in [6, 6.07) is 0. The molecule has 1 saturated heterocycles. The summed E-state index contributed by atoms with van der Waals surface area (Å²) in [7, 11) is 0. The van der Waals surface area contributed by atoms with Gasteiger partial charge < -0.3 is 10.1 Å². The van der Waals surface area contributed by atoms with Crippen molar-refractivity contribution in [3.8, 4) is 0 Å². The molecule has 6 heteroatoms. The molecular weight excluding hydrogens is 294 g/mol. The van der Waals surface area contributed by atoms with E-state index in [9.17, 15) is 9.59 Å². The molecule has 2 N–H and O–H groups in total. The van der Waals surface area contributed by atoms with Crippen molar-refractivity contribution < 1.29 is 9.53 Å². The van der Waals surface area contributed by atoms with Gasteiger partial charge in [-0.2, -0.15) is 5.10 Å². The number of nitrogens with zero attached hydrogens (tertiary/aromatic N) is 1. The van der Waals surface area contributed by atoms with Crippen LogP contribution in [-0.4, -0.2) is 29.3 Å². The number of hydrogen-bond acceptors (Lipinski definition) is 4. The Hall–Kier alpha value is -1.69. The monoisotopic (exact) mass is 319 g/mol. The average molecular weight is 319 g/mol. The fourth-order valence-corrected chi connectivity index (χ4v) is 3.81. The summed E-state index contributed by atoms with van der Waals surface area (Å²) in [5.74, 6) is 0.159. The molecule has 3 rings (SSSR count). The van der Waals surface area contributed by atoms with Crippen molar-refractivity contribution in [3.05, 3.63) is 27.2 Å². The smallest absolute Gasteiger partial charge is 0.269 e. The van der Waals surface area contributed by atoms with Gasteiger partial charge in [0.2, 0.25) is 5.91 Å². The Kier molecular flexibility index (Phi) is 4.53. The molecule has 1 saturated carbocycles. The largest absolute Gasteiger partial charge is 0.381 e. The average Bonchev–Trinajstić information content (AvgIpc) is 3.26. The zero-order chi connectivity index (χ0) is 16.4. The highest BCUT2D eigenvalue weighted by atomic mass is 16.5. The van der Waals surface area contributed by atoms with Gasteiger partial charge in [-0.25, -0.2) is 5.10 Å². The summed E-state index contributed by atoms with van der Waals surface area (Å²) >= 11 is 0. The van der Waals surface area contributed by atoms with Crippen molar-refractivity contribution in [1.82, 2.24) is 15.5 Å². The van der Waals surface area contributed by atoms with Crippen LogP contribution in [0, 0.1) is 11.3 Å². The number of rotatable bonds is 5. The van der Waals surface area contributed by atoms with E-state index >= 15 is 0 Å². The predicted octanol–water partition coefficient (Wildman–Crippen LogP) is 1.33.